The van der Waals surface area contributed by atoms with Crippen LogP contribution in [0.25, 0.3) is 0 Å². The molecule has 2 fully saturated rings. The summed E-state index contributed by atoms with van der Waals surface area (Å²) in [6, 6.07) is 7.57. The van der Waals surface area contributed by atoms with Crippen molar-refractivity contribution in [3.63, 3.8) is 0 Å². The van der Waals surface area contributed by atoms with Crippen molar-refractivity contribution in [3.05, 3.63) is 29.8 Å². The summed E-state index contributed by atoms with van der Waals surface area (Å²) in [4.78, 5) is 28.5. The third kappa shape index (κ3) is 4.58. The van der Waals surface area contributed by atoms with Crippen LogP contribution in [0.1, 0.15) is 24.8 Å². The highest BCUT2D eigenvalue weighted by atomic mass is 32.2. The van der Waals surface area contributed by atoms with Crippen molar-refractivity contribution in [1.82, 2.24) is 5.32 Å². The lowest BCUT2D eigenvalue weighted by molar-refractivity contribution is -0.122. The Morgan fingerprint density at radius 1 is 1.42 bits per heavy atom. The fourth-order valence-corrected chi connectivity index (χ4v) is 3.58. The second kappa shape index (κ2) is 7.81. The summed E-state index contributed by atoms with van der Waals surface area (Å²) in [5.74, 6) is -0.336. The highest BCUT2D eigenvalue weighted by Crippen LogP contribution is 2.23. The van der Waals surface area contributed by atoms with Gasteiger partial charge in [-0.15, -0.1) is 0 Å². The zero-order valence-electron chi connectivity index (χ0n) is 13.6. The summed E-state index contributed by atoms with van der Waals surface area (Å²) >= 11 is 1.32. The number of amides is 2. The molecule has 128 valence electrons. The predicted molar refractivity (Wildman–Crippen MR) is 95.2 cm³/mol. The van der Waals surface area contributed by atoms with E-state index in [4.69, 9.17) is 4.74 Å². The van der Waals surface area contributed by atoms with Crippen LogP contribution in [-0.4, -0.2) is 41.5 Å². The highest BCUT2D eigenvalue weighted by Gasteiger charge is 2.32. The van der Waals surface area contributed by atoms with Crippen molar-refractivity contribution in [2.45, 2.75) is 37.5 Å². The molecule has 0 aliphatic carbocycles. The van der Waals surface area contributed by atoms with E-state index in [9.17, 15) is 9.59 Å². The first-order valence-corrected chi connectivity index (χ1v) is 8.98. The lowest BCUT2D eigenvalue weighted by Crippen LogP contribution is -2.28. The number of hydrogen-bond donors (Lipinski definition) is 2. The summed E-state index contributed by atoms with van der Waals surface area (Å²) in [7, 11) is 0. The number of carbonyl (C=O) groups excluding carboxylic acids is 2. The van der Waals surface area contributed by atoms with E-state index in [2.05, 4.69) is 15.6 Å². The molecule has 0 aromatic heterocycles. The number of aryl methyl sites for hydroxylation is 1. The molecule has 0 saturated carbocycles. The van der Waals surface area contributed by atoms with Crippen LogP contribution in [0.15, 0.2) is 29.3 Å². The Labute approximate surface area is 145 Å². The SMILES string of the molecule is Cc1ccc(NC(=O)C[C@@H]2SC(=NC[C@@H]3CCCO3)NC2=O)cc1. The third-order valence-corrected chi connectivity index (χ3v) is 5.06. The fraction of sp³-hybridized carbons (Fsp3) is 0.471. The van der Waals surface area contributed by atoms with Gasteiger partial charge in [-0.1, -0.05) is 29.5 Å². The Hall–Kier alpha value is -1.86. The van der Waals surface area contributed by atoms with E-state index in [0.29, 0.717) is 11.7 Å². The molecule has 0 spiro atoms. The summed E-state index contributed by atoms with van der Waals surface area (Å²) in [5.41, 5.74) is 1.87. The number of nitrogens with one attached hydrogen (secondary N) is 2. The maximum absolute atomic E-state index is 12.1. The van der Waals surface area contributed by atoms with Gasteiger partial charge in [-0.2, -0.15) is 0 Å². The van der Waals surface area contributed by atoms with Gasteiger partial charge in [0.25, 0.3) is 0 Å². The molecule has 24 heavy (non-hydrogen) atoms. The minimum absolute atomic E-state index is 0.128. The summed E-state index contributed by atoms with van der Waals surface area (Å²) < 4.78 is 5.51. The van der Waals surface area contributed by atoms with Gasteiger partial charge in [0.1, 0.15) is 5.25 Å². The molecule has 2 aliphatic heterocycles. The highest BCUT2D eigenvalue weighted by molar-refractivity contribution is 8.15. The van der Waals surface area contributed by atoms with Crippen LogP contribution in [0.4, 0.5) is 5.69 Å². The summed E-state index contributed by atoms with van der Waals surface area (Å²) in [6.07, 6.45) is 2.36. The first-order valence-electron chi connectivity index (χ1n) is 8.10. The molecule has 1 aromatic carbocycles. The Morgan fingerprint density at radius 2 is 2.21 bits per heavy atom. The summed E-state index contributed by atoms with van der Waals surface area (Å²) in [6.45, 7) is 3.34. The molecule has 3 rings (SSSR count). The second-order valence-corrected chi connectivity index (χ2v) is 7.19. The van der Waals surface area contributed by atoms with Crippen molar-refractivity contribution < 1.29 is 14.3 Å². The van der Waals surface area contributed by atoms with E-state index in [-0.39, 0.29) is 24.3 Å². The number of carbonyl (C=O) groups is 2. The predicted octanol–water partition coefficient (Wildman–Crippen LogP) is 2.09. The van der Waals surface area contributed by atoms with Gasteiger partial charge >= 0.3 is 0 Å². The minimum Gasteiger partial charge on any atom is -0.376 e. The molecule has 2 N–H and O–H groups in total. The van der Waals surface area contributed by atoms with Crippen molar-refractivity contribution >= 4 is 34.4 Å². The molecule has 2 saturated heterocycles. The standard InChI is InChI=1S/C17H21N3O3S/c1-11-4-6-12(7-5-11)19-15(21)9-14-16(22)20-17(24-14)18-10-13-3-2-8-23-13/h4-7,13-14H,2-3,8-10H2,1H3,(H,19,21)(H,18,20,22)/t13-,14-/m0/s1. The van der Waals surface area contributed by atoms with Crippen LogP contribution in [0.3, 0.4) is 0 Å². The first-order chi connectivity index (χ1) is 11.6. The fourth-order valence-electron chi connectivity index (χ4n) is 2.61. The van der Waals surface area contributed by atoms with Crippen LogP contribution in [0.2, 0.25) is 0 Å². The Morgan fingerprint density at radius 3 is 2.92 bits per heavy atom. The molecule has 2 atom stereocenters. The number of hydrogen-bond acceptors (Lipinski definition) is 5. The van der Waals surface area contributed by atoms with Crippen molar-refractivity contribution in [2.75, 3.05) is 18.5 Å². The average molecular weight is 347 g/mol. The number of anilines is 1. The maximum atomic E-state index is 12.1. The van der Waals surface area contributed by atoms with Gasteiger partial charge in [0, 0.05) is 18.7 Å². The lowest BCUT2D eigenvalue weighted by Gasteiger charge is -2.07. The molecule has 0 bridgehead atoms. The topological polar surface area (TPSA) is 79.8 Å². The number of benzene rings is 1. The minimum atomic E-state index is -0.432. The van der Waals surface area contributed by atoms with Crippen LogP contribution < -0.4 is 10.6 Å². The van der Waals surface area contributed by atoms with Crippen molar-refractivity contribution in [3.8, 4) is 0 Å². The van der Waals surface area contributed by atoms with E-state index < -0.39 is 5.25 Å². The van der Waals surface area contributed by atoms with Gasteiger partial charge in [0.05, 0.1) is 12.6 Å². The Balaban J connectivity index is 1.49. The smallest absolute Gasteiger partial charge is 0.240 e. The molecule has 2 amide bonds. The molecular weight excluding hydrogens is 326 g/mol. The monoisotopic (exact) mass is 347 g/mol. The Bertz CT molecular complexity index is 639. The summed E-state index contributed by atoms with van der Waals surface area (Å²) in [5, 5.41) is 5.71. The first kappa shape index (κ1) is 17.0. The number of nitrogens with zero attached hydrogens (tertiary/aromatic N) is 1. The number of aliphatic imine (C=N–C) groups is 1. The molecule has 7 heteroatoms. The molecule has 6 nitrogen and oxygen atoms in total. The number of amidine groups is 1. The van der Waals surface area contributed by atoms with E-state index >= 15 is 0 Å². The molecule has 2 heterocycles. The van der Waals surface area contributed by atoms with Crippen LogP contribution in [0.5, 0.6) is 0 Å². The number of rotatable bonds is 5. The largest absolute Gasteiger partial charge is 0.376 e. The van der Waals surface area contributed by atoms with Crippen LogP contribution in [0, 0.1) is 6.92 Å². The van der Waals surface area contributed by atoms with Crippen LogP contribution >= 0.6 is 11.8 Å². The molecule has 0 unspecified atom stereocenters. The van der Waals surface area contributed by atoms with Gasteiger partial charge in [0.15, 0.2) is 5.17 Å². The zero-order chi connectivity index (χ0) is 16.9. The molecular formula is C17H21N3O3S. The van der Waals surface area contributed by atoms with Gasteiger partial charge < -0.3 is 15.4 Å². The van der Waals surface area contributed by atoms with E-state index in [0.717, 1.165) is 30.7 Å². The maximum Gasteiger partial charge on any atom is 0.240 e. The molecule has 1 aromatic rings. The van der Waals surface area contributed by atoms with E-state index in [1.165, 1.54) is 11.8 Å². The number of ether oxygens (including phenoxy) is 1. The van der Waals surface area contributed by atoms with E-state index in [1.807, 2.05) is 31.2 Å². The van der Waals surface area contributed by atoms with E-state index in [1.54, 1.807) is 0 Å². The van der Waals surface area contributed by atoms with Gasteiger partial charge in [-0.3, -0.25) is 14.6 Å². The van der Waals surface area contributed by atoms with Gasteiger partial charge in [-0.25, -0.2) is 0 Å². The Kier molecular flexibility index (Phi) is 5.52. The lowest BCUT2D eigenvalue weighted by atomic mass is 10.2. The average Bonchev–Trinajstić information content (AvgIpc) is 3.18. The van der Waals surface area contributed by atoms with Crippen LogP contribution in [-0.2, 0) is 14.3 Å². The zero-order valence-corrected chi connectivity index (χ0v) is 14.4. The molecule has 0 radical (unpaired) electrons. The normalized spacial score (nSPS) is 25.0. The molecule has 2 aliphatic rings. The van der Waals surface area contributed by atoms with Gasteiger partial charge in [-0.05, 0) is 31.9 Å². The third-order valence-electron chi connectivity index (χ3n) is 3.95. The quantitative estimate of drug-likeness (QED) is 0.855. The van der Waals surface area contributed by atoms with Crippen molar-refractivity contribution in [2.24, 2.45) is 4.99 Å². The number of thioether (sulfide) groups is 1. The second-order valence-electron chi connectivity index (χ2n) is 5.99. The van der Waals surface area contributed by atoms with Gasteiger partial charge in [0.2, 0.25) is 11.8 Å². The van der Waals surface area contributed by atoms with Crippen molar-refractivity contribution in [1.29, 1.82) is 0 Å².